The van der Waals surface area contributed by atoms with Crippen molar-refractivity contribution in [2.24, 2.45) is 0 Å². The lowest BCUT2D eigenvalue weighted by atomic mass is 9.95. The van der Waals surface area contributed by atoms with E-state index in [4.69, 9.17) is 14.2 Å². The first-order chi connectivity index (χ1) is 15.0. The number of carbonyl (C=O) groups is 1. The van der Waals surface area contributed by atoms with Crippen molar-refractivity contribution in [1.29, 1.82) is 0 Å². The third-order valence-electron chi connectivity index (χ3n) is 4.91. The van der Waals surface area contributed by atoms with Gasteiger partial charge in [0.1, 0.15) is 12.6 Å². The van der Waals surface area contributed by atoms with E-state index in [0.29, 0.717) is 39.8 Å². The lowest BCUT2D eigenvalue weighted by Crippen LogP contribution is -2.29. The van der Waals surface area contributed by atoms with Gasteiger partial charge in [0.05, 0.1) is 24.3 Å². The van der Waals surface area contributed by atoms with Crippen LogP contribution < -0.4 is 14.8 Å². The second kappa shape index (κ2) is 8.76. The normalized spacial score (nSPS) is 15.2. The van der Waals surface area contributed by atoms with Crippen molar-refractivity contribution < 1.29 is 19.0 Å². The Morgan fingerprint density at radius 2 is 2.00 bits per heavy atom. The van der Waals surface area contributed by atoms with Crippen LogP contribution in [0.1, 0.15) is 24.1 Å². The molecule has 0 amide bonds. The maximum Gasteiger partial charge on any atom is 0.338 e. The van der Waals surface area contributed by atoms with E-state index in [-0.39, 0.29) is 0 Å². The molecule has 2 aromatic carbocycles. The molecule has 2 heterocycles. The zero-order valence-corrected chi connectivity index (χ0v) is 18.7. The van der Waals surface area contributed by atoms with Crippen molar-refractivity contribution in [3.63, 3.8) is 0 Å². The number of nitrogens with one attached hydrogen (secondary N) is 1. The summed E-state index contributed by atoms with van der Waals surface area (Å²) in [6.45, 7) is 2.16. The third kappa shape index (κ3) is 3.98. The average molecular weight is 486 g/mol. The molecule has 1 aliphatic rings. The number of hydrogen-bond donors (Lipinski definition) is 1. The van der Waals surface area contributed by atoms with Crippen LogP contribution in [0, 0.1) is 0 Å². The molecular weight excluding hydrogens is 466 g/mol. The van der Waals surface area contributed by atoms with E-state index in [1.54, 1.807) is 14.0 Å². The summed E-state index contributed by atoms with van der Waals surface area (Å²) in [5, 5.41) is 14.8. The fraction of sp³-hybridized carbons (Fsp3) is 0.238. The number of methoxy groups -OCH3 is 2. The molecule has 1 aromatic heterocycles. The molecule has 0 radical (unpaired) electrons. The number of hydrogen-bond acceptors (Lipinski definition) is 8. The molecule has 0 fully saturated rings. The molecule has 31 heavy (non-hydrogen) atoms. The number of tetrazole rings is 1. The molecule has 160 valence electrons. The van der Waals surface area contributed by atoms with E-state index in [9.17, 15) is 4.79 Å². The summed E-state index contributed by atoms with van der Waals surface area (Å²) in [5.41, 5.74) is 2.77. The third-order valence-corrected chi connectivity index (χ3v) is 5.50. The second-order valence-corrected chi connectivity index (χ2v) is 7.67. The number of nitrogens with zero attached hydrogens (tertiary/aromatic N) is 4. The number of allylic oxidation sites excluding steroid dienone is 1. The number of fused-ring (bicyclic) bond motifs is 1. The number of aromatic nitrogens is 4. The van der Waals surface area contributed by atoms with Gasteiger partial charge in [-0.1, -0.05) is 35.4 Å². The minimum Gasteiger partial charge on any atom is -0.493 e. The number of rotatable bonds is 6. The van der Waals surface area contributed by atoms with Gasteiger partial charge in [0.25, 0.3) is 0 Å². The lowest BCUT2D eigenvalue weighted by Gasteiger charge is -2.27. The molecular formula is C21H20BrN5O4. The Morgan fingerprint density at radius 1 is 1.23 bits per heavy atom. The topological polar surface area (TPSA) is 100 Å². The number of benzene rings is 2. The van der Waals surface area contributed by atoms with Gasteiger partial charge in [0, 0.05) is 5.70 Å². The molecule has 1 N–H and O–H groups in total. The van der Waals surface area contributed by atoms with E-state index >= 15 is 0 Å². The highest BCUT2D eigenvalue weighted by molar-refractivity contribution is 9.10. The van der Waals surface area contributed by atoms with Crippen molar-refractivity contribution in [1.82, 2.24) is 20.2 Å². The Bertz CT molecular complexity index is 1150. The summed E-state index contributed by atoms with van der Waals surface area (Å²) in [6.07, 6.45) is 0. The van der Waals surface area contributed by atoms with Gasteiger partial charge in [0.2, 0.25) is 5.95 Å². The Hall–Kier alpha value is -3.40. The summed E-state index contributed by atoms with van der Waals surface area (Å²) in [5.74, 6) is 1.02. The van der Waals surface area contributed by atoms with Gasteiger partial charge in [-0.25, -0.2) is 4.79 Å². The predicted octanol–water partition coefficient (Wildman–Crippen LogP) is 3.49. The van der Waals surface area contributed by atoms with Crippen LogP contribution in [-0.4, -0.2) is 40.4 Å². The quantitative estimate of drug-likeness (QED) is 0.529. The molecule has 0 aliphatic carbocycles. The fourth-order valence-corrected chi connectivity index (χ4v) is 4.04. The first-order valence-electron chi connectivity index (χ1n) is 9.41. The van der Waals surface area contributed by atoms with E-state index in [0.717, 1.165) is 11.1 Å². The Balaban J connectivity index is 1.75. The predicted molar refractivity (Wildman–Crippen MR) is 116 cm³/mol. The van der Waals surface area contributed by atoms with Crippen LogP contribution in [0.2, 0.25) is 0 Å². The van der Waals surface area contributed by atoms with Gasteiger partial charge >= 0.3 is 5.97 Å². The summed E-state index contributed by atoms with van der Waals surface area (Å²) in [6, 6.07) is 12.9. The van der Waals surface area contributed by atoms with Crippen LogP contribution in [-0.2, 0) is 16.1 Å². The SMILES string of the molecule is COC(=O)C1=C(C)Nc2nnnn2C1c1cc(Br)c(OCc2ccccc2)c(OC)c1. The number of anilines is 1. The highest BCUT2D eigenvalue weighted by atomic mass is 79.9. The number of carbonyl (C=O) groups excluding carboxylic acids is 1. The van der Waals surface area contributed by atoms with Gasteiger partial charge in [0.15, 0.2) is 11.5 Å². The molecule has 9 nitrogen and oxygen atoms in total. The van der Waals surface area contributed by atoms with Crippen LogP contribution in [0.3, 0.4) is 0 Å². The van der Waals surface area contributed by atoms with Gasteiger partial charge in [-0.3, -0.25) is 0 Å². The Kier molecular flexibility index (Phi) is 5.90. The summed E-state index contributed by atoms with van der Waals surface area (Å²) < 4.78 is 18.8. The minimum absolute atomic E-state index is 0.381. The summed E-state index contributed by atoms with van der Waals surface area (Å²) in [4.78, 5) is 12.6. The van der Waals surface area contributed by atoms with Gasteiger partial charge in [-0.15, -0.1) is 0 Å². The van der Waals surface area contributed by atoms with Crippen LogP contribution >= 0.6 is 15.9 Å². The number of esters is 1. The summed E-state index contributed by atoms with van der Waals surface area (Å²) in [7, 11) is 2.90. The average Bonchev–Trinajstić information content (AvgIpc) is 3.25. The first-order valence-corrected chi connectivity index (χ1v) is 10.2. The Labute approximate surface area is 187 Å². The van der Waals surface area contributed by atoms with Crippen LogP contribution in [0.25, 0.3) is 0 Å². The number of ether oxygens (including phenoxy) is 3. The molecule has 1 atom stereocenters. The zero-order chi connectivity index (χ0) is 22.0. The summed E-state index contributed by atoms with van der Waals surface area (Å²) >= 11 is 3.59. The number of halogens is 1. The van der Waals surface area contributed by atoms with Crippen molar-refractivity contribution in [3.8, 4) is 11.5 Å². The van der Waals surface area contributed by atoms with E-state index in [1.165, 1.54) is 11.8 Å². The smallest absolute Gasteiger partial charge is 0.338 e. The maximum atomic E-state index is 12.6. The van der Waals surface area contributed by atoms with E-state index in [2.05, 4.69) is 36.8 Å². The van der Waals surface area contributed by atoms with Gasteiger partial charge in [-0.05, 0) is 56.5 Å². The van der Waals surface area contributed by atoms with E-state index < -0.39 is 12.0 Å². The van der Waals surface area contributed by atoms with Crippen LogP contribution in [0.5, 0.6) is 11.5 Å². The molecule has 10 heteroatoms. The molecule has 4 rings (SSSR count). The van der Waals surface area contributed by atoms with Crippen molar-refractivity contribution in [2.75, 3.05) is 19.5 Å². The first kappa shape index (κ1) is 20.9. The minimum atomic E-state index is -0.605. The fourth-order valence-electron chi connectivity index (χ4n) is 3.46. The zero-order valence-electron chi connectivity index (χ0n) is 17.1. The largest absolute Gasteiger partial charge is 0.493 e. The molecule has 1 unspecified atom stereocenters. The van der Waals surface area contributed by atoms with E-state index in [1.807, 2.05) is 42.5 Å². The Morgan fingerprint density at radius 3 is 2.71 bits per heavy atom. The lowest BCUT2D eigenvalue weighted by molar-refractivity contribution is -0.136. The molecule has 3 aromatic rings. The van der Waals surface area contributed by atoms with Crippen molar-refractivity contribution >= 4 is 27.8 Å². The van der Waals surface area contributed by atoms with Gasteiger partial charge < -0.3 is 19.5 Å². The molecule has 1 aliphatic heterocycles. The highest BCUT2D eigenvalue weighted by Crippen LogP contribution is 2.42. The second-order valence-electron chi connectivity index (χ2n) is 6.81. The molecule has 0 saturated heterocycles. The van der Waals surface area contributed by atoms with Crippen molar-refractivity contribution in [2.45, 2.75) is 19.6 Å². The van der Waals surface area contributed by atoms with Gasteiger partial charge in [-0.2, -0.15) is 4.68 Å². The monoisotopic (exact) mass is 485 g/mol. The highest BCUT2D eigenvalue weighted by Gasteiger charge is 2.35. The van der Waals surface area contributed by atoms with Crippen LogP contribution in [0.4, 0.5) is 5.95 Å². The molecule has 0 saturated carbocycles. The van der Waals surface area contributed by atoms with Crippen molar-refractivity contribution in [3.05, 3.63) is 69.3 Å². The van der Waals surface area contributed by atoms with Crippen LogP contribution in [0.15, 0.2) is 58.2 Å². The maximum absolute atomic E-state index is 12.6. The molecule has 0 spiro atoms. The standard InChI is InChI=1S/C21H20BrN5O4/c1-12-17(20(28)30-3)18(27-21(23-12)24-25-26-27)14-9-15(22)19(16(10-14)29-2)31-11-13-7-5-4-6-8-13/h4-10,18H,11H2,1-3H3,(H,23,24,26). The molecule has 0 bridgehead atoms.